The zero-order valence-corrected chi connectivity index (χ0v) is 19.3. The molecule has 0 aliphatic rings. The zero-order valence-electron chi connectivity index (χ0n) is 19.3. The lowest BCUT2D eigenvalue weighted by Gasteiger charge is -2.08. The Kier molecular flexibility index (Phi) is 8.65. The topological polar surface area (TPSA) is 61.8 Å². The number of benzene rings is 3. The Morgan fingerprint density at radius 2 is 1.59 bits per heavy atom. The van der Waals surface area contributed by atoms with E-state index in [4.69, 9.17) is 14.2 Å². The molecule has 0 atom stereocenters. The number of carbonyl (C=O) groups is 2. The highest BCUT2D eigenvalue weighted by Crippen LogP contribution is 2.17. The Bertz CT molecular complexity index is 1210. The molecule has 0 unspecified atom stereocenters. The van der Waals surface area contributed by atoms with Gasteiger partial charge in [-0.3, -0.25) is 0 Å². The van der Waals surface area contributed by atoms with Gasteiger partial charge in [-0.2, -0.15) is 0 Å². The minimum atomic E-state index is -0.461. The fraction of sp³-hybridized carbons (Fsp3) is 0.172. The number of aryl methyl sites for hydroxylation is 2. The maximum atomic E-state index is 12.4. The van der Waals surface area contributed by atoms with Crippen molar-refractivity contribution < 1.29 is 23.8 Å². The SMILES string of the molecule is C=CC(=O)OCCCOc1ccc(C(=O)Oc2ccc(C#Cc3ccc(C)cc3C)cc2)cc1. The number of ether oxygens (including phenoxy) is 3. The molecule has 0 saturated carbocycles. The third-order valence-corrected chi connectivity index (χ3v) is 4.85. The number of carbonyl (C=O) groups excluding carboxylic acids is 2. The normalized spacial score (nSPS) is 9.94. The molecule has 0 aromatic heterocycles. The summed E-state index contributed by atoms with van der Waals surface area (Å²) in [6.45, 7) is 8.07. The van der Waals surface area contributed by atoms with Crippen LogP contribution in [0.4, 0.5) is 0 Å². The average molecular weight is 455 g/mol. The number of rotatable bonds is 8. The molecule has 0 amide bonds. The van der Waals surface area contributed by atoms with E-state index in [0.29, 0.717) is 30.1 Å². The minimum Gasteiger partial charge on any atom is -0.493 e. The second kappa shape index (κ2) is 12.1. The molecule has 172 valence electrons. The van der Waals surface area contributed by atoms with Crippen LogP contribution in [-0.4, -0.2) is 25.2 Å². The van der Waals surface area contributed by atoms with Gasteiger partial charge in [0.25, 0.3) is 0 Å². The van der Waals surface area contributed by atoms with Gasteiger partial charge in [-0.15, -0.1) is 0 Å². The molecule has 3 aromatic carbocycles. The summed E-state index contributed by atoms with van der Waals surface area (Å²) in [5.41, 5.74) is 4.58. The van der Waals surface area contributed by atoms with Crippen LogP contribution in [0, 0.1) is 25.7 Å². The van der Waals surface area contributed by atoms with Gasteiger partial charge in [0.1, 0.15) is 11.5 Å². The van der Waals surface area contributed by atoms with Crippen LogP contribution in [0.1, 0.15) is 39.0 Å². The molecular formula is C29H26O5. The summed E-state index contributed by atoms with van der Waals surface area (Å²) >= 11 is 0. The second-order valence-electron chi connectivity index (χ2n) is 7.58. The van der Waals surface area contributed by atoms with Crippen LogP contribution < -0.4 is 9.47 Å². The molecule has 5 heteroatoms. The Morgan fingerprint density at radius 3 is 2.26 bits per heavy atom. The van der Waals surface area contributed by atoms with Crippen LogP contribution in [0.25, 0.3) is 0 Å². The fourth-order valence-corrected chi connectivity index (χ4v) is 3.03. The van der Waals surface area contributed by atoms with E-state index >= 15 is 0 Å². The van der Waals surface area contributed by atoms with Crippen molar-refractivity contribution in [2.24, 2.45) is 0 Å². The maximum Gasteiger partial charge on any atom is 0.343 e. The molecule has 0 heterocycles. The van der Waals surface area contributed by atoms with Crippen molar-refractivity contribution in [1.29, 1.82) is 0 Å². The summed E-state index contributed by atoms with van der Waals surface area (Å²) in [7, 11) is 0. The predicted octanol–water partition coefficient (Wildman–Crippen LogP) is 5.42. The van der Waals surface area contributed by atoms with Gasteiger partial charge in [-0.1, -0.05) is 36.1 Å². The summed E-state index contributed by atoms with van der Waals surface area (Å²) in [6.07, 6.45) is 1.67. The lowest BCUT2D eigenvalue weighted by molar-refractivity contribution is -0.137. The highest BCUT2D eigenvalue weighted by atomic mass is 16.5. The van der Waals surface area contributed by atoms with Crippen molar-refractivity contribution in [2.45, 2.75) is 20.3 Å². The molecule has 0 aliphatic heterocycles. The summed E-state index contributed by atoms with van der Waals surface area (Å²) in [4.78, 5) is 23.4. The van der Waals surface area contributed by atoms with Crippen LogP contribution in [0.5, 0.6) is 11.5 Å². The molecule has 3 rings (SSSR count). The van der Waals surface area contributed by atoms with Crippen molar-refractivity contribution in [2.75, 3.05) is 13.2 Å². The van der Waals surface area contributed by atoms with E-state index in [2.05, 4.69) is 31.4 Å². The molecule has 0 bridgehead atoms. The van der Waals surface area contributed by atoms with Gasteiger partial charge in [0, 0.05) is 23.6 Å². The molecular weight excluding hydrogens is 428 g/mol. The molecule has 0 radical (unpaired) electrons. The third-order valence-electron chi connectivity index (χ3n) is 4.85. The maximum absolute atomic E-state index is 12.4. The number of hydrogen-bond donors (Lipinski definition) is 0. The van der Waals surface area contributed by atoms with E-state index in [0.717, 1.165) is 22.8 Å². The first-order valence-corrected chi connectivity index (χ1v) is 10.9. The second-order valence-corrected chi connectivity index (χ2v) is 7.58. The third kappa shape index (κ3) is 7.39. The van der Waals surface area contributed by atoms with Crippen LogP contribution in [0.15, 0.2) is 79.4 Å². The Morgan fingerprint density at radius 1 is 0.882 bits per heavy atom. The molecule has 0 spiro atoms. The highest BCUT2D eigenvalue weighted by molar-refractivity contribution is 5.91. The quantitative estimate of drug-likeness (QED) is 0.150. The Labute approximate surface area is 200 Å². The molecule has 34 heavy (non-hydrogen) atoms. The lowest BCUT2D eigenvalue weighted by atomic mass is 10.1. The number of hydrogen-bond acceptors (Lipinski definition) is 5. The van der Waals surface area contributed by atoms with E-state index in [1.165, 1.54) is 5.56 Å². The molecule has 0 fully saturated rings. The van der Waals surface area contributed by atoms with Crippen LogP contribution in [0.3, 0.4) is 0 Å². The van der Waals surface area contributed by atoms with Gasteiger partial charge >= 0.3 is 11.9 Å². The zero-order chi connectivity index (χ0) is 24.3. The summed E-state index contributed by atoms with van der Waals surface area (Å²) in [5, 5.41) is 0. The van der Waals surface area contributed by atoms with Crippen molar-refractivity contribution in [1.82, 2.24) is 0 Å². The minimum absolute atomic E-state index is 0.255. The summed E-state index contributed by atoms with van der Waals surface area (Å²) in [6, 6.07) is 19.9. The molecule has 0 saturated heterocycles. The van der Waals surface area contributed by atoms with E-state index < -0.39 is 11.9 Å². The smallest absolute Gasteiger partial charge is 0.343 e. The fourth-order valence-electron chi connectivity index (χ4n) is 3.03. The molecule has 0 aliphatic carbocycles. The first kappa shape index (κ1) is 24.3. The van der Waals surface area contributed by atoms with Gasteiger partial charge < -0.3 is 14.2 Å². The van der Waals surface area contributed by atoms with Crippen molar-refractivity contribution in [3.63, 3.8) is 0 Å². The molecule has 5 nitrogen and oxygen atoms in total. The van der Waals surface area contributed by atoms with Gasteiger partial charge in [-0.05, 0) is 74.0 Å². The Balaban J connectivity index is 1.50. The van der Waals surface area contributed by atoms with Crippen molar-refractivity contribution >= 4 is 11.9 Å². The highest BCUT2D eigenvalue weighted by Gasteiger charge is 2.09. The van der Waals surface area contributed by atoms with E-state index in [9.17, 15) is 9.59 Å². The summed E-state index contributed by atoms with van der Waals surface area (Å²) < 4.78 is 15.9. The van der Waals surface area contributed by atoms with Crippen molar-refractivity contribution in [3.8, 4) is 23.3 Å². The molecule has 3 aromatic rings. The van der Waals surface area contributed by atoms with Gasteiger partial charge in [0.2, 0.25) is 0 Å². The van der Waals surface area contributed by atoms with E-state index in [1.54, 1.807) is 36.4 Å². The first-order chi connectivity index (χ1) is 16.4. The van der Waals surface area contributed by atoms with E-state index in [1.807, 2.05) is 31.2 Å². The van der Waals surface area contributed by atoms with Crippen LogP contribution in [-0.2, 0) is 9.53 Å². The molecule has 0 N–H and O–H groups in total. The lowest BCUT2D eigenvalue weighted by Crippen LogP contribution is -2.09. The first-order valence-electron chi connectivity index (χ1n) is 10.9. The van der Waals surface area contributed by atoms with E-state index in [-0.39, 0.29) is 6.61 Å². The van der Waals surface area contributed by atoms with Crippen LogP contribution in [0.2, 0.25) is 0 Å². The van der Waals surface area contributed by atoms with Gasteiger partial charge in [0.15, 0.2) is 0 Å². The average Bonchev–Trinajstić information content (AvgIpc) is 2.84. The van der Waals surface area contributed by atoms with Gasteiger partial charge in [0.05, 0.1) is 18.8 Å². The predicted molar refractivity (Wildman–Crippen MR) is 131 cm³/mol. The van der Waals surface area contributed by atoms with Crippen LogP contribution >= 0.6 is 0 Å². The number of esters is 2. The monoisotopic (exact) mass is 454 g/mol. The van der Waals surface area contributed by atoms with Gasteiger partial charge in [-0.25, -0.2) is 9.59 Å². The standard InChI is InChI=1S/C29H26O5/c1-4-28(30)33-19-5-18-32-26-16-12-25(13-17-26)29(31)34-27-14-8-23(9-15-27)7-11-24-10-6-21(2)20-22(24)3/h4,6,8-10,12-17,20H,1,5,18-19H2,2-3H3. The largest absolute Gasteiger partial charge is 0.493 e. The van der Waals surface area contributed by atoms with Crippen molar-refractivity contribution in [3.05, 3.63) is 107 Å². The summed E-state index contributed by atoms with van der Waals surface area (Å²) in [5.74, 6) is 6.45. The Hall–Kier alpha value is -4.30.